The standard InChI is InChI=1S/C10H20N2O3S/c1-11-9-7-15-6-8(9)10(13)12-4-3-5-16(2)14/h8-9,11H,3-7H2,1-2H3,(H,12,13). The van der Waals surface area contributed by atoms with Crippen LogP contribution in [0.3, 0.4) is 0 Å². The third kappa shape index (κ3) is 4.19. The second-order valence-corrected chi connectivity index (χ2v) is 5.52. The number of carbonyl (C=O) groups is 1. The van der Waals surface area contributed by atoms with E-state index in [1.165, 1.54) is 0 Å². The van der Waals surface area contributed by atoms with E-state index in [0.29, 0.717) is 25.5 Å². The molecule has 0 aromatic rings. The highest BCUT2D eigenvalue weighted by Gasteiger charge is 2.32. The van der Waals surface area contributed by atoms with Crippen LogP contribution in [0.4, 0.5) is 0 Å². The summed E-state index contributed by atoms with van der Waals surface area (Å²) in [6.45, 7) is 1.66. The summed E-state index contributed by atoms with van der Waals surface area (Å²) in [5, 5.41) is 5.92. The van der Waals surface area contributed by atoms with Crippen molar-refractivity contribution < 1.29 is 13.7 Å². The quantitative estimate of drug-likeness (QED) is 0.598. The molecule has 1 amide bonds. The highest BCUT2D eigenvalue weighted by molar-refractivity contribution is 7.84. The maximum atomic E-state index is 11.8. The Morgan fingerprint density at radius 3 is 2.88 bits per heavy atom. The SMILES string of the molecule is CNC1COCC1C(=O)NCCCS(C)=O. The molecule has 5 nitrogen and oxygen atoms in total. The van der Waals surface area contributed by atoms with Gasteiger partial charge in [0.25, 0.3) is 0 Å². The molecule has 1 saturated heterocycles. The van der Waals surface area contributed by atoms with E-state index in [2.05, 4.69) is 10.6 Å². The fourth-order valence-corrected chi connectivity index (χ4v) is 2.27. The lowest BCUT2D eigenvalue weighted by Crippen LogP contribution is -2.42. The van der Waals surface area contributed by atoms with E-state index < -0.39 is 10.8 Å². The Morgan fingerprint density at radius 1 is 1.50 bits per heavy atom. The minimum Gasteiger partial charge on any atom is -0.379 e. The molecule has 0 aromatic carbocycles. The van der Waals surface area contributed by atoms with Crippen molar-refractivity contribution in [1.29, 1.82) is 0 Å². The lowest BCUT2D eigenvalue weighted by molar-refractivity contribution is -0.125. The first-order valence-corrected chi connectivity index (χ1v) is 7.20. The molecule has 94 valence electrons. The molecule has 3 atom stereocenters. The van der Waals surface area contributed by atoms with Crippen molar-refractivity contribution >= 4 is 16.7 Å². The molecular formula is C10H20N2O3S. The zero-order valence-corrected chi connectivity index (χ0v) is 10.6. The molecule has 16 heavy (non-hydrogen) atoms. The maximum absolute atomic E-state index is 11.8. The van der Waals surface area contributed by atoms with E-state index in [4.69, 9.17) is 4.74 Å². The third-order valence-electron chi connectivity index (χ3n) is 2.70. The molecule has 1 heterocycles. The summed E-state index contributed by atoms with van der Waals surface area (Å²) in [5.74, 6) is 0.563. The van der Waals surface area contributed by atoms with Crippen LogP contribution in [-0.4, -0.2) is 55.0 Å². The number of carbonyl (C=O) groups excluding carboxylic acids is 1. The van der Waals surface area contributed by atoms with Crippen LogP contribution in [0.25, 0.3) is 0 Å². The van der Waals surface area contributed by atoms with Crippen LogP contribution in [0.2, 0.25) is 0 Å². The fourth-order valence-electron chi connectivity index (χ4n) is 1.72. The topological polar surface area (TPSA) is 67.4 Å². The summed E-state index contributed by atoms with van der Waals surface area (Å²) in [5.41, 5.74) is 0. The summed E-state index contributed by atoms with van der Waals surface area (Å²) >= 11 is 0. The smallest absolute Gasteiger partial charge is 0.227 e. The van der Waals surface area contributed by atoms with Crippen LogP contribution < -0.4 is 10.6 Å². The van der Waals surface area contributed by atoms with Gasteiger partial charge in [0.15, 0.2) is 0 Å². The number of likely N-dealkylation sites (N-methyl/N-ethyl adjacent to an activating group) is 1. The number of ether oxygens (including phenoxy) is 1. The van der Waals surface area contributed by atoms with E-state index in [1.807, 2.05) is 7.05 Å². The van der Waals surface area contributed by atoms with Gasteiger partial charge in [0.1, 0.15) is 0 Å². The lowest BCUT2D eigenvalue weighted by atomic mass is 10.0. The molecule has 0 spiro atoms. The Kier molecular flexibility index (Phi) is 5.94. The minimum atomic E-state index is -0.779. The van der Waals surface area contributed by atoms with Gasteiger partial charge in [-0.05, 0) is 13.5 Å². The molecular weight excluding hydrogens is 228 g/mol. The maximum Gasteiger partial charge on any atom is 0.227 e. The molecule has 1 rings (SSSR count). The van der Waals surface area contributed by atoms with Gasteiger partial charge in [-0.1, -0.05) is 0 Å². The summed E-state index contributed by atoms with van der Waals surface area (Å²) in [4.78, 5) is 11.8. The van der Waals surface area contributed by atoms with Gasteiger partial charge in [-0.15, -0.1) is 0 Å². The Morgan fingerprint density at radius 2 is 2.25 bits per heavy atom. The minimum absolute atomic E-state index is 0.0266. The first kappa shape index (κ1) is 13.6. The summed E-state index contributed by atoms with van der Waals surface area (Å²) in [6, 6.07) is 0.111. The lowest BCUT2D eigenvalue weighted by Gasteiger charge is -2.16. The molecule has 3 unspecified atom stereocenters. The van der Waals surface area contributed by atoms with Crippen molar-refractivity contribution in [3.63, 3.8) is 0 Å². The fraction of sp³-hybridized carbons (Fsp3) is 0.900. The summed E-state index contributed by atoms with van der Waals surface area (Å²) in [7, 11) is 1.05. The Bertz CT molecular complexity index is 260. The largest absolute Gasteiger partial charge is 0.379 e. The molecule has 1 fully saturated rings. The average Bonchev–Trinajstić information content (AvgIpc) is 2.71. The van der Waals surface area contributed by atoms with Crippen molar-refractivity contribution in [2.45, 2.75) is 12.5 Å². The molecule has 0 saturated carbocycles. The van der Waals surface area contributed by atoms with E-state index >= 15 is 0 Å². The molecule has 0 radical (unpaired) electrons. The van der Waals surface area contributed by atoms with Crippen molar-refractivity contribution in [3.05, 3.63) is 0 Å². The Balaban J connectivity index is 2.21. The van der Waals surface area contributed by atoms with Crippen LogP contribution in [0.15, 0.2) is 0 Å². The highest BCUT2D eigenvalue weighted by Crippen LogP contribution is 2.13. The third-order valence-corrected chi connectivity index (χ3v) is 3.56. The molecule has 0 aromatic heterocycles. The molecule has 1 aliphatic heterocycles. The zero-order chi connectivity index (χ0) is 12.0. The number of rotatable bonds is 6. The van der Waals surface area contributed by atoms with E-state index in [1.54, 1.807) is 6.26 Å². The Hall–Kier alpha value is -0.460. The van der Waals surface area contributed by atoms with Crippen LogP contribution >= 0.6 is 0 Å². The number of nitrogens with one attached hydrogen (secondary N) is 2. The normalized spacial score (nSPS) is 26.6. The van der Waals surface area contributed by atoms with Crippen LogP contribution in [0.1, 0.15) is 6.42 Å². The van der Waals surface area contributed by atoms with Gasteiger partial charge in [0.05, 0.1) is 19.1 Å². The van der Waals surface area contributed by atoms with Gasteiger partial charge in [-0.3, -0.25) is 9.00 Å². The van der Waals surface area contributed by atoms with Gasteiger partial charge >= 0.3 is 0 Å². The molecule has 2 N–H and O–H groups in total. The highest BCUT2D eigenvalue weighted by atomic mass is 32.2. The van der Waals surface area contributed by atoms with Crippen LogP contribution in [0, 0.1) is 5.92 Å². The zero-order valence-electron chi connectivity index (χ0n) is 9.82. The number of hydrogen-bond acceptors (Lipinski definition) is 4. The van der Waals surface area contributed by atoms with Gasteiger partial charge in [0.2, 0.25) is 5.91 Å². The van der Waals surface area contributed by atoms with Gasteiger partial charge in [-0.25, -0.2) is 0 Å². The second kappa shape index (κ2) is 6.98. The molecule has 1 aliphatic rings. The Labute approximate surface area is 98.8 Å². The van der Waals surface area contributed by atoms with Crippen molar-refractivity contribution in [2.24, 2.45) is 5.92 Å². The van der Waals surface area contributed by atoms with Gasteiger partial charge in [0, 0.05) is 35.4 Å². The predicted molar refractivity (Wildman–Crippen MR) is 63.7 cm³/mol. The van der Waals surface area contributed by atoms with Crippen LogP contribution in [0.5, 0.6) is 0 Å². The van der Waals surface area contributed by atoms with E-state index in [-0.39, 0.29) is 17.9 Å². The predicted octanol–water partition coefficient (Wildman–Crippen LogP) is -0.894. The van der Waals surface area contributed by atoms with Crippen molar-refractivity contribution in [3.8, 4) is 0 Å². The summed E-state index contributed by atoms with van der Waals surface area (Å²) < 4.78 is 16.1. The first-order valence-electron chi connectivity index (χ1n) is 5.48. The summed E-state index contributed by atoms with van der Waals surface area (Å²) in [6.07, 6.45) is 2.43. The van der Waals surface area contributed by atoms with Crippen molar-refractivity contribution in [1.82, 2.24) is 10.6 Å². The van der Waals surface area contributed by atoms with E-state index in [9.17, 15) is 9.00 Å². The number of hydrogen-bond donors (Lipinski definition) is 2. The molecule has 0 aliphatic carbocycles. The second-order valence-electron chi connectivity index (χ2n) is 3.96. The first-order chi connectivity index (χ1) is 7.65. The molecule has 0 bridgehead atoms. The number of amides is 1. The monoisotopic (exact) mass is 248 g/mol. The average molecular weight is 248 g/mol. The van der Waals surface area contributed by atoms with Crippen LogP contribution in [-0.2, 0) is 20.3 Å². The van der Waals surface area contributed by atoms with Gasteiger partial charge in [-0.2, -0.15) is 0 Å². The van der Waals surface area contributed by atoms with Gasteiger partial charge < -0.3 is 15.4 Å². The van der Waals surface area contributed by atoms with Crippen molar-refractivity contribution in [2.75, 3.05) is 38.8 Å². The van der Waals surface area contributed by atoms with E-state index in [0.717, 1.165) is 6.42 Å². The molecule has 6 heteroatoms.